The molecule has 2 aromatic heterocycles. The van der Waals surface area contributed by atoms with E-state index in [2.05, 4.69) is 48.5 Å². The average molecular weight is 312 g/mol. The van der Waals surface area contributed by atoms with Crippen molar-refractivity contribution >= 4 is 27.3 Å². The molecule has 5 heteroatoms. The molecule has 0 aromatic carbocycles. The highest BCUT2D eigenvalue weighted by Crippen LogP contribution is 2.24. The fourth-order valence-electron chi connectivity index (χ4n) is 1.76. The van der Waals surface area contributed by atoms with Crippen molar-refractivity contribution in [3.05, 3.63) is 38.8 Å². The molecule has 3 rings (SSSR count). The molecule has 2 heterocycles. The first-order chi connectivity index (χ1) is 8.33. The summed E-state index contributed by atoms with van der Waals surface area (Å²) in [6.45, 7) is 1.78. The van der Waals surface area contributed by atoms with Crippen LogP contribution in [0.2, 0.25) is 0 Å². The number of halogens is 1. The molecule has 0 bridgehead atoms. The SMILES string of the molecule is Brc1ccsc1Cn1nccc1CNC1CC1. The highest BCUT2D eigenvalue weighted by molar-refractivity contribution is 9.10. The molecule has 0 amide bonds. The second-order valence-corrected chi connectivity index (χ2v) is 6.18. The fourth-order valence-corrected chi connectivity index (χ4v) is 3.22. The minimum absolute atomic E-state index is 0.742. The van der Waals surface area contributed by atoms with Crippen LogP contribution in [0.1, 0.15) is 23.4 Å². The van der Waals surface area contributed by atoms with Crippen LogP contribution in [0.5, 0.6) is 0 Å². The van der Waals surface area contributed by atoms with E-state index in [-0.39, 0.29) is 0 Å². The Hall–Kier alpha value is -0.650. The van der Waals surface area contributed by atoms with E-state index in [0.29, 0.717) is 0 Å². The molecular formula is C12H14BrN3S. The van der Waals surface area contributed by atoms with Gasteiger partial charge in [-0.15, -0.1) is 11.3 Å². The van der Waals surface area contributed by atoms with Crippen LogP contribution in [0, 0.1) is 0 Å². The molecule has 0 saturated heterocycles. The zero-order chi connectivity index (χ0) is 11.7. The van der Waals surface area contributed by atoms with Gasteiger partial charge in [-0.3, -0.25) is 4.68 Å². The Balaban J connectivity index is 1.69. The predicted molar refractivity (Wildman–Crippen MR) is 73.2 cm³/mol. The molecule has 0 unspecified atom stereocenters. The van der Waals surface area contributed by atoms with Crippen LogP contribution in [0.3, 0.4) is 0 Å². The lowest BCUT2D eigenvalue weighted by Crippen LogP contribution is -2.18. The summed E-state index contributed by atoms with van der Waals surface area (Å²) in [4.78, 5) is 1.32. The molecule has 90 valence electrons. The fraction of sp³-hybridized carbons (Fsp3) is 0.417. The summed E-state index contributed by atoms with van der Waals surface area (Å²) in [5, 5.41) is 10.0. The lowest BCUT2D eigenvalue weighted by molar-refractivity contribution is 0.596. The summed E-state index contributed by atoms with van der Waals surface area (Å²) in [5.74, 6) is 0. The van der Waals surface area contributed by atoms with E-state index in [1.807, 2.05) is 6.20 Å². The van der Waals surface area contributed by atoms with Gasteiger partial charge in [-0.05, 0) is 46.3 Å². The lowest BCUT2D eigenvalue weighted by atomic mass is 10.4. The highest BCUT2D eigenvalue weighted by Gasteiger charge is 2.20. The Bertz CT molecular complexity index is 501. The predicted octanol–water partition coefficient (Wildman–Crippen LogP) is 3.01. The number of hydrogen-bond acceptors (Lipinski definition) is 3. The van der Waals surface area contributed by atoms with E-state index in [0.717, 1.165) is 19.1 Å². The summed E-state index contributed by atoms with van der Waals surface area (Å²) < 4.78 is 3.26. The van der Waals surface area contributed by atoms with Gasteiger partial charge in [0.2, 0.25) is 0 Å². The van der Waals surface area contributed by atoms with Crippen molar-refractivity contribution in [2.24, 2.45) is 0 Å². The van der Waals surface area contributed by atoms with Gasteiger partial charge in [0.15, 0.2) is 0 Å². The number of nitrogens with zero attached hydrogens (tertiary/aromatic N) is 2. The van der Waals surface area contributed by atoms with Gasteiger partial charge in [0.05, 0.1) is 12.2 Å². The van der Waals surface area contributed by atoms with Gasteiger partial charge in [0.1, 0.15) is 0 Å². The molecule has 1 saturated carbocycles. The third-order valence-corrected chi connectivity index (χ3v) is 4.85. The van der Waals surface area contributed by atoms with Crippen molar-refractivity contribution in [2.75, 3.05) is 0 Å². The first kappa shape index (κ1) is 11.4. The minimum Gasteiger partial charge on any atom is -0.308 e. The van der Waals surface area contributed by atoms with E-state index < -0.39 is 0 Å². The standard InChI is InChI=1S/C12H14BrN3S/c13-11-4-6-17-12(11)8-16-10(3-5-15-16)7-14-9-1-2-9/h3-6,9,14H,1-2,7-8H2. The molecule has 2 aromatic rings. The van der Waals surface area contributed by atoms with Gasteiger partial charge in [0, 0.05) is 28.1 Å². The number of nitrogens with one attached hydrogen (secondary N) is 1. The number of thiophene rings is 1. The van der Waals surface area contributed by atoms with Crippen LogP contribution >= 0.6 is 27.3 Å². The quantitative estimate of drug-likeness (QED) is 0.920. The lowest BCUT2D eigenvalue weighted by Gasteiger charge is -2.07. The van der Waals surface area contributed by atoms with Crippen molar-refractivity contribution in [3.8, 4) is 0 Å². The van der Waals surface area contributed by atoms with Crippen molar-refractivity contribution in [2.45, 2.75) is 32.0 Å². The van der Waals surface area contributed by atoms with Crippen LogP contribution in [0.15, 0.2) is 28.2 Å². The number of aromatic nitrogens is 2. The van der Waals surface area contributed by atoms with Crippen LogP contribution in [0.4, 0.5) is 0 Å². The molecule has 1 N–H and O–H groups in total. The maximum atomic E-state index is 4.39. The summed E-state index contributed by atoms with van der Waals surface area (Å²) >= 11 is 5.33. The second-order valence-electron chi connectivity index (χ2n) is 4.33. The third kappa shape index (κ3) is 2.78. The van der Waals surface area contributed by atoms with Crippen molar-refractivity contribution < 1.29 is 0 Å². The first-order valence-electron chi connectivity index (χ1n) is 5.79. The molecular weight excluding hydrogens is 298 g/mol. The number of hydrogen-bond donors (Lipinski definition) is 1. The molecule has 1 aliphatic carbocycles. The third-order valence-electron chi connectivity index (χ3n) is 2.94. The molecule has 0 radical (unpaired) electrons. The summed E-state index contributed by atoms with van der Waals surface area (Å²) in [7, 11) is 0. The first-order valence-corrected chi connectivity index (χ1v) is 7.46. The molecule has 0 aliphatic heterocycles. The van der Waals surface area contributed by atoms with E-state index in [9.17, 15) is 0 Å². The Morgan fingerprint density at radius 2 is 2.35 bits per heavy atom. The maximum absolute atomic E-state index is 4.39. The smallest absolute Gasteiger partial charge is 0.0767 e. The number of rotatable bonds is 5. The molecule has 0 atom stereocenters. The van der Waals surface area contributed by atoms with Gasteiger partial charge in [-0.2, -0.15) is 5.10 Å². The Kier molecular flexibility index (Phi) is 3.31. The second kappa shape index (κ2) is 4.92. The molecule has 3 nitrogen and oxygen atoms in total. The highest BCUT2D eigenvalue weighted by atomic mass is 79.9. The van der Waals surface area contributed by atoms with Crippen molar-refractivity contribution in [1.29, 1.82) is 0 Å². The normalized spacial score (nSPS) is 15.4. The van der Waals surface area contributed by atoms with Crippen molar-refractivity contribution in [1.82, 2.24) is 15.1 Å². The zero-order valence-electron chi connectivity index (χ0n) is 9.40. The van der Waals surface area contributed by atoms with E-state index in [1.165, 1.54) is 27.9 Å². The average Bonchev–Trinajstić information content (AvgIpc) is 2.92. The van der Waals surface area contributed by atoms with Crippen LogP contribution in [-0.2, 0) is 13.1 Å². The Morgan fingerprint density at radius 1 is 1.47 bits per heavy atom. The monoisotopic (exact) mass is 311 g/mol. The minimum atomic E-state index is 0.742. The molecule has 0 spiro atoms. The Morgan fingerprint density at radius 3 is 3.06 bits per heavy atom. The summed E-state index contributed by atoms with van der Waals surface area (Å²) in [5.41, 5.74) is 1.26. The zero-order valence-corrected chi connectivity index (χ0v) is 11.8. The van der Waals surface area contributed by atoms with Gasteiger partial charge in [0.25, 0.3) is 0 Å². The molecule has 17 heavy (non-hydrogen) atoms. The van der Waals surface area contributed by atoms with Gasteiger partial charge >= 0.3 is 0 Å². The van der Waals surface area contributed by atoms with Gasteiger partial charge in [-0.1, -0.05) is 0 Å². The van der Waals surface area contributed by atoms with Crippen LogP contribution < -0.4 is 5.32 Å². The van der Waals surface area contributed by atoms with Crippen molar-refractivity contribution in [3.63, 3.8) is 0 Å². The molecule has 1 aliphatic rings. The topological polar surface area (TPSA) is 29.9 Å². The van der Waals surface area contributed by atoms with Gasteiger partial charge < -0.3 is 5.32 Å². The maximum Gasteiger partial charge on any atom is 0.0767 e. The van der Waals surface area contributed by atoms with Crippen LogP contribution in [0.25, 0.3) is 0 Å². The van der Waals surface area contributed by atoms with E-state index in [1.54, 1.807) is 11.3 Å². The Labute approximate surface area is 113 Å². The van der Waals surface area contributed by atoms with Gasteiger partial charge in [-0.25, -0.2) is 0 Å². The molecule has 1 fully saturated rings. The summed E-state index contributed by atoms with van der Waals surface area (Å²) in [6, 6.07) is 4.93. The van der Waals surface area contributed by atoms with E-state index >= 15 is 0 Å². The largest absolute Gasteiger partial charge is 0.308 e. The van der Waals surface area contributed by atoms with Crippen LogP contribution in [-0.4, -0.2) is 15.8 Å². The summed E-state index contributed by atoms with van der Waals surface area (Å²) in [6.07, 6.45) is 4.53. The van der Waals surface area contributed by atoms with E-state index in [4.69, 9.17) is 0 Å².